The lowest BCUT2D eigenvalue weighted by molar-refractivity contribution is 0.0518. The van der Waals surface area contributed by atoms with Crippen molar-refractivity contribution in [2.24, 2.45) is 0 Å². The molecule has 7 heteroatoms. The summed E-state index contributed by atoms with van der Waals surface area (Å²) in [5, 5.41) is 25.5. The first-order valence-corrected chi connectivity index (χ1v) is 11.2. The second-order valence-corrected chi connectivity index (χ2v) is 8.27. The fraction of sp³-hybridized carbons (Fsp3) is 0.400. The van der Waals surface area contributed by atoms with Gasteiger partial charge in [0.15, 0.2) is 0 Å². The fourth-order valence-corrected chi connectivity index (χ4v) is 4.28. The van der Waals surface area contributed by atoms with Crippen molar-refractivity contribution in [3.05, 3.63) is 66.4 Å². The van der Waals surface area contributed by atoms with Crippen molar-refractivity contribution >= 4 is 16.6 Å². The van der Waals surface area contributed by atoms with Crippen molar-refractivity contribution in [3.63, 3.8) is 0 Å². The number of anilines is 1. The maximum absolute atomic E-state index is 11.0. The van der Waals surface area contributed by atoms with Crippen molar-refractivity contribution in [3.8, 4) is 5.75 Å². The molecule has 2 atom stereocenters. The average molecular weight is 437 g/mol. The van der Waals surface area contributed by atoms with Crippen LogP contribution < -0.4 is 10.1 Å². The summed E-state index contributed by atoms with van der Waals surface area (Å²) in [6.07, 6.45) is 0.706. The molecule has 7 nitrogen and oxygen atoms in total. The van der Waals surface area contributed by atoms with Gasteiger partial charge < -0.3 is 20.3 Å². The molecule has 1 saturated heterocycles. The second kappa shape index (κ2) is 10.7. The number of para-hydroxylation sites is 2. The number of hydrogen-bond acceptors (Lipinski definition) is 7. The molecule has 0 radical (unpaired) electrons. The van der Waals surface area contributed by atoms with Crippen LogP contribution in [0.2, 0.25) is 0 Å². The molecule has 1 aromatic heterocycles. The third-order valence-corrected chi connectivity index (χ3v) is 6.03. The highest BCUT2D eigenvalue weighted by Crippen LogP contribution is 2.29. The van der Waals surface area contributed by atoms with E-state index in [2.05, 4.69) is 20.1 Å². The standard InChI is InChI=1S/C25H32N4O3/c1-32-24-9-5-8-22-21(10-11-26-25(22)24)23(31)18-29-14-12-28(13-15-29)17-20(30)16-27-19-6-3-2-4-7-19/h2-11,20,23,27,30-31H,12-18H2,1H3/t20-,23+/m0/s1. The van der Waals surface area contributed by atoms with Gasteiger partial charge in [0.25, 0.3) is 0 Å². The number of aliphatic hydroxyl groups excluding tert-OH is 2. The Hall–Kier alpha value is -2.71. The summed E-state index contributed by atoms with van der Waals surface area (Å²) in [7, 11) is 1.63. The minimum absolute atomic E-state index is 0.425. The lowest BCUT2D eigenvalue weighted by Crippen LogP contribution is -2.50. The molecule has 0 saturated carbocycles. The number of nitrogens with one attached hydrogen (secondary N) is 1. The van der Waals surface area contributed by atoms with Crippen molar-refractivity contribution in [2.45, 2.75) is 12.2 Å². The quantitative estimate of drug-likeness (QED) is 0.475. The summed E-state index contributed by atoms with van der Waals surface area (Å²) in [6.45, 7) is 5.22. The Morgan fingerprint density at radius 1 is 0.938 bits per heavy atom. The summed E-state index contributed by atoms with van der Waals surface area (Å²) in [6, 6.07) is 17.6. The van der Waals surface area contributed by atoms with Crippen LogP contribution in [0.5, 0.6) is 5.75 Å². The van der Waals surface area contributed by atoms with Gasteiger partial charge in [0.2, 0.25) is 0 Å². The normalized spacial score (nSPS) is 17.2. The minimum atomic E-state index is -0.597. The first kappa shape index (κ1) is 22.5. The van der Waals surface area contributed by atoms with Gasteiger partial charge in [-0.15, -0.1) is 0 Å². The van der Waals surface area contributed by atoms with E-state index in [0.717, 1.165) is 48.3 Å². The van der Waals surface area contributed by atoms with Crippen LogP contribution in [0.15, 0.2) is 60.8 Å². The molecule has 2 aromatic carbocycles. The van der Waals surface area contributed by atoms with Gasteiger partial charge >= 0.3 is 0 Å². The van der Waals surface area contributed by atoms with Gasteiger partial charge in [0.1, 0.15) is 11.3 Å². The van der Waals surface area contributed by atoms with Crippen LogP contribution in [0.1, 0.15) is 11.7 Å². The summed E-state index contributed by atoms with van der Waals surface area (Å²) in [4.78, 5) is 8.99. The monoisotopic (exact) mass is 436 g/mol. The Kier molecular flexibility index (Phi) is 7.55. The Morgan fingerprint density at radius 3 is 2.38 bits per heavy atom. The minimum Gasteiger partial charge on any atom is -0.494 e. The zero-order valence-corrected chi connectivity index (χ0v) is 18.5. The number of benzene rings is 2. The van der Waals surface area contributed by atoms with Crippen molar-refractivity contribution in [2.75, 3.05) is 58.2 Å². The van der Waals surface area contributed by atoms with E-state index in [1.54, 1.807) is 13.3 Å². The van der Waals surface area contributed by atoms with E-state index in [4.69, 9.17) is 4.74 Å². The molecule has 32 heavy (non-hydrogen) atoms. The number of hydrogen-bond donors (Lipinski definition) is 3. The Labute approximate surface area is 189 Å². The lowest BCUT2D eigenvalue weighted by atomic mass is 10.0. The molecule has 0 amide bonds. The van der Waals surface area contributed by atoms with Gasteiger partial charge in [0, 0.05) is 63.1 Å². The molecular weight excluding hydrogens is 404 g/mol. The number of rotatable bonds is 9. The molecule has 4 rings (SSSR count). The maximum Gasteiger partial charge on any atom is 0.145 e. The summed E-state index contributed by atoms with van der Waals surface area (Å²) < 4.78 is 5.41. The Balaban J connectivity index is 1.26. The number of nitrogens with zero attached hydrogens (tertiary/aromatic N) is 3. The number of pyridine rings is 1. The second-order valence-electron chi connectivity index (χ2n) is 8.27. The lowest BCUT2D eigenvalue weighted by Gasteiger charge is -2.36. The van der Waals surface area contributed by atoms with E-state index in [1.165, 1.54) is 0 Å². The average Bonchev–Trinajstić information content (AvgIpc) is 2.83. The molecular formula is C25H32N4O3. The molecule has 1 aliphatic heterocycles. The van der Waals surface area contributed by atoms with Crippen LogP contribution >= 0.6 is 0 Å². The number of ether oxygens (including phenoxy) is 1. The van der Waals surface area contributed by atoms with Crippen LogP contribution in [0.3, 0.4) is 0 Å². The van der Waals surface area contributed by atoms with Crippen molar-refractivity contribution in [1.29, 1.82) is 0 Å². The smallest absolute Gasteiger partial charge is 0.145 e. The van der Waals surface area contributed by atoms with Crippen LogP contribution in [0, 0.1) is 0 Å². The molecule has 3 N–H and O–H groups in total. The SMILES string of the molecule is COc1cccc2c([C@H](O)CN3CCN(C[C@@H](O)CNc4ccccc4)CC3)ccnc12. The van der Waals surface area contributed by atoms with E-state index in [-0.39, 0.29) is 0 Å². The van der Waals surface area contributed by atoms with Gasteiger partial charge in [-0.25, -0.2) is 0 Å². The molecule has 0 unspecified atom stereocenters. The van der Waals surface area contributed by atoms with Gasteiger partial charge in [-0.2, -0.15) is 0 Å². The molecule has 0 spiro atoms. The van der Waals surface area contributed by atoms with Crippen LogP contribution in [0.25, 0.3) is 10.9 Å². The van der Waals surface area contributed by atoms with E-state index in [0.29, 0.717) is 25.4 Å². The van der Waals surface area contributed by atoms with Crippen LogP contribution in [0.4, 0.5) is 5.69 Å². The van der Waals surface area contributed by atoms with Crippen LogP contribution in [-0.2, 0) is 0 Å². The van der Waals surface area contributed by atoms with Crippen molar-refractivity contribution in [1.82, 2.24) is 14.8 Å². The summed E-state index contributed by atoms with van der Waals surface area (Å²) in [5.74, 6) is 0.713. The topological polar surface area (TPSA) is 81.1 Å². The van der Waals surface area contributed by atoms with Gasteiger partial charge in [-0.1, -0.05) is 30.3 Å². The number of methoxy groups -OCH3 is 1. The van der Waals surface area contributed by atoms with Crippen LogP contribution in [-0.4, -0.2) is 84.0 Å². The first-order chi connectivity index (χ1) is 15.6. The number of aromatic nitrogens is 1. The van der Waals surface area contributed by atoms with E-state index >= 15 is 0 Å². The number of fused-ring (bicyclic) bond motifs is 1. The molecule has 170 valence electrons. The Bertz CT molecular complexity index is 993. The zero-order valence-electron chi connectivity index (χ0n) is 18.5. The molecule has 0 bridgehead atoms. The molecule has 1 aliphatic rings. The maximum atomic E-state index is 11.0. The van der Waals surface area contributed by atoms with E-state index < -0.39 is 12.2 Å². The third-order valence-electron chi connectivity index (χ3n) is 6.03. The highest BCUT2D eigenvalue weighted by molar-refractivity contribution is 5.87. The van der Waals surface area contributed by atoms with Gasteiger partial charge in [0.05, 0.1) is 19.3 Å². The predicted octanol–water partition coefficient (Wildman–Crippen LogP) is 2.37. The number of aliphatic hydroxyl groups is 2. The molecule has 2 heterocycles. The largest absolute Gasteiger partial charge is 0.494 e. The van der Waals surface area contributed by atoms with Gasteiger partial charge in [-0.3, -0.25) is 14.8 Å². The third kappa shape index (κ3) is 5.55. The fourth-order valence-electron chi connectivity index (χ4n) is 4.28. The highest BCUT2D eigenvalue weighted by Gasteiger charge is 2.22. The first-order valence-electron chi connectivity index (χ1n) is 11.2. The number of piperazine rings is 1. The molecule has 3 aromatic rings. The Morgan fingerprint density at radius 2 is 1.66 bits per heavy atom. The number of β-amino-alcohol motifs (C(OH)–C–C–N with tert-alkyl or cyclic N) is 2. The van der Waals surface area contributed by atoms with E-state index in [1.807, 2.05) is 54.6 Å². The summed E-state index contributed by atoms with van der Waals surface area (Å²) >= 11 is 0. The van der Waals surface area contributed by atoms with Crippen molar-refractivity contribution < 1.29 is 14.9 Å². The van der Waals surface area contributed by atoms with E-state index in [9.17, 15) is 10.2 Å². The zero-order chi connectivity index (χ0) is 22.3. The molecule has 0 aliphatic carbocycles. The summed E-state index contributed by atoms with van der Waals surface area (Å²) in [5.41, 5.74) is 2.67. The van der Waals surface area contributed by atoms with Gasteiger partial charge in [-0.05, 0) is 29.8 Å². The predicted molar refractivity (Wildman–Crippen MR) is 127 cm³/mol. The highest BCUT2D eigenvalue weighted by atomic mass is 16.5. The molecule has 1 fully saturated rings.